The predicted molar refractivity (Wildman–Crippen MR) is 94.8 cm³/mol. The zero-order chi connectivity index (χ0) is 16.7. The van der Waals surface area contributed by atoms with E-state index in [1.54, 1.807) is 14.2 Å². The predicted octanol–water partition coefficient (Wildman–Crippen LogP) is 2.73. The fourth-order valence-corrected chi connectivity index (χ4v) is 2.50. The molecule has 0 aliphatic rings. The highest BCUT2D eigenvalue weighted by atomic mass is 35.5. The fraction of sp³-hybridized carbons (Fsp3) is 0.353. The Hall–Kier alpha value is -1.98. The highest BCUT2D eigenvalue weighted by molar-refractivity contribution is 6.30. The number of guanidine groups is 1. The molecule has 0 aliphatic heterocycles. The summed E-state index contributed by atoms with van der Waals surface area (Å²) in [5, 5.41) is 7.27. The van der Waals surface area contributed by atoms with Crippen LogP contribution in [0.1, 0.15) is 17.2 Å². The molecule has 1 atom stereocenters. The summed E-state index contributed by atoms with van der Waals surface area (Å²) < 4.78 is 7.57. The third-order valence-corrected chi connectivity index (χ3v) is 3.77. The van der Waals surface area contributed by atoms with Gasteiger partial charge in [0.15, 0.2) is 5.96 Å². The van der Waals surface area contributed by atoms with Crippen molar-refractivity contribution in [2.45, 2.75) is 12.6 Å². The van der Waals surface area contributed by atoms with Gasteiger partial charge in [-0.1, -0.05) is 23.7 Å². The maximum absolute atomic E-state index is 6.04. The second kappa shape index (κ2) is 8.60. The first kappa shape index (κ1) is 17.4. The molecule has 0 saturated heterocycles. The molecule has 5 nitrogen and oxygen atoms in total. The fourth-order valence-electron chi connectivity index (χ4n) is 2.31. The van der Waals surface area contributed by atoms with Crippen LogP contribution in [0.5, 0.6) is 0 Å². The van der Waals surface area contributed by atoms with Gasteiger partial charge in [-0.15, -0.1) is 0 Å². The molecule has 0 fully saturated rings. The Morgan fingerprint density at radius 1 is 1.35 bits per heavy atom. The number of aryl methyl sites for hydroxylation is 1. The van der Waals surface area contributed by atoms with E-state index in [4.69, 9.17) is 16.3 Å². The number of hydrogen-bond donors (Lipinski definition) is 2. The van der Waals surface area contributed by atoms with Gasteiger partial charge in [-0.2, -0.15) is 0 Å². The summed E-state index contributed by atoms with van der Waals surface area (Å²) >= 11 is 6.04. The van der Waals surface area contributed by atoms with E-state index in [2.05, 4.69) is 27.9 Å². The van der Waals surface area contributed by atoms with Crippen LogP contribution < -0.4 is 10.6 Å². The minimum absolute atomic E-state index is 0.0935. The molecule has 0 spiro atoms. The molecule has 1 unspecified atom stereocenters. The molecular weight excluding hydrogens is 312 g/mol. The van der Waals surface area contributed by atoms with E-state index in [0.717, 1.165) is 18.1 Å². The van der Waals surface area contributed by atoms with E-state index in [-0.39, 0.29) is 6.10 Å². The van der Waals surface area contributed by atoms with Crippen molar-refractivity contribution in [3.63, 3.8) is 0 Å². The molecule has 0 amide bonds. The van der Waals surface area contributed by atoms with E-state index in [1.165, 1.54) is 5.56 Å². The molecule has 23 heavy (non-hydrogen) atoms. The Labute approximate surface area is 142 Å². The van der Waals surface area contributed by atoms with E-state index >= 15 is 0 Å². The van der Waals surface area contributed by atoms with Crippen molar-refractivity contribution in [2.24, 2.45) is 12.0 Å². The Bertz CT molecular complexity index is 654. The van der Waals surface area contributed by atoms with Gasteiger partial charge in [0.2, 0.25) is 0 Å². The van der Waals surface area contributed by atoms with Crippen molar-refractivity contribution in [3.8, 4) is 0 Å². The smallest absolute Gasteiger partial charge is 0.191 e. The lowest BCUT2D eigenvalue weighted by Gasteiger charge is -2.19. The van der Waals surface area contributed by atoms with Gasteiger partial charge >= 0.3 is 0 Å². The first-order valence-electron chi connectivity index (χ1n) is 7.46. The minimum Gasteiger partial charge on any atom is -0.375 e. The van der Waals surface area contributed by atoms with Crippen LogP contribution in [0.15, 0.2) is 47.7 Å². The van der Waals surface area contributed by atoms with Crippen LogP contribution in [0.3, 0.4) is 0 Å². The van der Waals surface area contributed by atoms with Gasteiger partial charge in [-0.3, -0.25) is 4.99 Å². The highest BCUT2D eigenvalue weighted by Gasteiger charge is 2.11. The van der Waals surface area contributed by atoms with E-state index < -0.39 is 0 Å². The van der Waals surface area contributed by atoms with Crippen molar-refractivity contribution in [2.75, 3.05) is 20.7 Å². The van der Waals surface area contributed by atoms with Gasteiger partial charge in [0.05, 0.1) is 6.10 Å². The number of benzene rings is 1. The zero-order valence-corrected chi connectivity index (χ0v) is 14.5. The molecule has 124 valence electrons. The van der Waals surface area contributed by atoms with Crippen molar-refractivity contribution in [1.82, 2.24) is 15.2 Å². The SMILES string of the molecule is CN=C(NCc1ccn(C)c1)NCC(OC)c1cccc(Cl)c1. The molecule has 1 aromatic heterocycles. The van der Waals surface area contributed by atoms with E-state index in [0.29, 0.717) is 11.6 Å². The van der Waals surface area contributed by atoms with Crippen LogP contribution in [-0.4, -0.2) is 31.2 Å². The number of ether oxygens (including phenoxy) is 1. The first-order chi connectivity index (χ1) is 11.1. The maximum atomic E-state index is 6.04. The van der Waals surface area contributed by atoms with Gasteiger partial charge in [0.25, 0.3) is 0 Å². The normalized spacial score (nSPS) is 13.0. The largest absolute Gasteiger partial charge is 0.375 e. The number of aliphatic imine (C=N–C) groups is 1. The lowest BCUT2D eigenvalue weighted by Crippen LogP contribution is -2.39. The Balaban J connectivity index is 1.88. The molecule has 2 N–H and O–H groups in total. The molecule has 0 aliphatic carbocycles. The standard InChI is InChI=1S/C17H23ClN4O/c1-19-17(20-10-13-7-8-22(2)12-13)21-11-16(23-3)14-5-4-6-15(18)9-14/h4-9,12,16H,10-11H2,1-3H3,(H2,19,20,21). The monoisotopic (exact) mass is 334 g/mol. The second-order valence-electron chi connectivity index (χ2n) is 5.27. The quantitative estimate of drug-likeness (QED) is 0.631. The van der Waals surface area contributed by atoms with Crippen LogP contribution in [0, 0.1) is 0 Å². The molecular formula is C17H23ClN4O. The van der Waals surface area contributed by atoms with Crippen molar-refractivity contribution >= 4 is 17.6 Å². The van der Waals surface area contributed by atoms with Crippen molar-refractivity contribution in [1.29, 1.82) is 0 Å². The minimum atomic E-state index is -0.0935. The van der Waals surface area contributed by atoms with Gasteiger partial charge in [-0.05, 0) is 29.3 Å². The molecule has 1 heterocycles. The Morgan fingerprint density at radius 2 is 2.17 bits per heavy atom. The highest BCUT2D eigenvalue weighted by Crippen LogP contribution is 2.19. The average Bonchev–Trinajstić information content (AvgIpc) is 2.96. The lowest BCUT2D eigenvalue weighted by atomic mass is 10.1. The molecule has 2 rings (SSSR count). The number of aromatic nitrogens is 1. The summed E-state index contributed by atoms with van der Waals surface area (Å²) in [6.07, 6.45) is 4.00. The summed E-state index contributed by atoms with van der Waals surface area (Å²) in [6, 6.07) is 9.77. The summed E-state index contributed by atoms with van der Waals surface area (Å²) in [5.41, 5.74) is 2.24. The second-order valence-corrected chi connectivity index (χ2v) is 5.71. The zero-order valence-electron chi connectivity index (χ0n) is 13.7. The number of nitrogens with zero attached hydrogens (tertiary/aromatic N) is 2. The van der Waals surface area contributed by atoms with Crippen LogP contribution >= 0.6 is 11.6 Å². The lowest BCUT2D eigenvalue weighted by molar-refractivity contribution is 0.106. The third kappa shape index (κ3) is 5.30. The topological polar surface area (TPSA) is 50.6 Å². The van der Waals surface area contributed by atoms with Gasteiger partial charge < -0.3 is 19.9 Å². The van der Waals surface area contributed by atoms with Gasteiger partial charge in [0.1, 0.15) is 0 Å². The molecule has 1 aromatic carbocycles. The average molecular weight is 335 g/mol. The first-order valence-corrected chi connectivity index (χ1v) is 7.83. The molecule has 0 radical (unpaired) electrons. The summed E-state index contributed by atoms with van der Waals surface area (Å²) in [6.45, 7) is 1.32. The number of rotatable bonds is 6. The summed E-state index contributed by atoms with van der Waals surface area (Å²) in [7, 11) is 5.44. The number of nitrogens with one attached hydrogen (secondary N) is 2. The van der Waals surface area contributed by atoms with Crippen LogP contribution in [-0.2, 0) is 18.3 Å². The number of methoxy groups -OCH3 is 1. The van der Waals surface area contributed by atoms with Gasteiger partial charge in [0, 0.05) is 51.7 Å². The Morgan fingerprint density at radius 3 is 2.78 bits per heavy atom. The molecule has 2 aromatic rings. The summed E-state index contributed by atoms with van der Waals surface area (Å²) in [5.74, 6) is 0.734. The van der Waals surface area contributed by atoms with Crippen LogP contribution in [0.25, 0.3) is 0 Å². The van der Waals surface area contributed by atoms with Crippen molar-refractivity contribution < 1.29 is 4.74 Å². The number of halogens is 1. The Kier molecular flexibility index (Phi) is 6.50. The van der Waals surface area contributed by atoms with Crippen molar-refractivity contribution in [3.05, 3.63) is 58.9 Å². The van der Waals surface area contributed by atoms with Gasteiger partial charge in [-0.25, -0.2) is 0 Å². The maximum Gasteiger partial charge on any atom is 0.191 e. The number of hydrogen-bond acceptors (Lipinski definition) is 2. The molecule has 0 bridgehead atoms. The van der Waals surface area contributed by atoms with Crippen LogP contribution in [0.2, 0.25) is 5.02 Å². The molecule has 0 saturated carbocycles. The third-order valence-electron chi connectivity index (χ3n) is 3.54. The molecule has 6 heteroatoms. The van der Waals surface area contributed by atoms with Crippen LogP contribution in [0.4, 0.5) is 0 Å². The van der Waals surface area contributed by atoms with E-state index in [1.807, 2.05) is 42.1 Å². The van der Waals surface area contributed by atoms with E-state index in [9.17, 15) is 0 Å². The summed E-state index contributed by atoms with van der Waals surface area (Å²) in [4.78, 5) is 4.23.